The second kappa shape index (κ2) is 7.26. The van der Waals surface area contributed by atoms with Gasteiger partial charge in [-0.2, -0.15) is 0 Å². The van der Waals surface area contributed by atoms with Gasteiger partial charge in [0.15, 0.2) is 0 Å². The number of hydrogen-bond donors (Lipinski definition) is 1. The van der Waals surface area contributed by atoms with Crippen LogP contribution in [-0.2, 0) is 0 Å². The largest absolute Gasteiger partial charge is 0.489 e. The molecule has 0 unspecified atom stereocenters. The summed E-state index contributed by atoms with van der Waals surface area (Å²) in [5, 5.41) is 4.09. The SMILES string of the molecule is Cc1ccn2cc(-c3cc4ccc(O[C@@H]5CCNC5)cc4oc3=O)nc2n1.Cl. The molecule has 1 aromatic carbocycles. The third kappa shape index (κ3) is 3.34. The number of benzene rings is 1. The molecule has 0 spiro atoms. The predicted octanol–water partition coefficient (Wildman–Crippen LogP) is 2.97. The van der Waals surface area contributed by atoms with Crippen molar-refractivity contribution in [2.24, 2.45) is 0 Å². The Bertz CT molecular complexity index is 1210. The van der Waals surface area contributed by atoms with E-state index in [-0.39, 0.29) is 18.5 Å². The molecular weight excluding hydrogens is 380 g/mol. The van der Waals surface area contributed by atoms with Gasteiger partial charge in [-0.1, -0.05) is 0 Å². The van der Waals surface area contributed by atoms with Gasteiger partial charge in [-0.15, -0.1) is 12.4 Å². The smallest absolute Gasteiger partial charge is 0.345 e. The topological polar surface area (TPSA) is 81.7 Å². The molecule has 1 saturated heterocycles. The normalized spacial score (nSPS) is 16.4. The lowest BCUT2D eigenvalue weighted by Crippen LogP contribution is -2.19. The second-order valence-electron chi connectivity index (χ2n) is 6.78. The van der Waals surface area contributed by atoms with E-state index < -0.39 is 5.63 Å². The molecule has 1 atom stereocenters. The monoisotopic (exact) mass is 398 g/mol. The maximum absolute atomic E-state index is 12.5. The lowest BCUT2D eigenvalue weighted by Gasteiger charge is -2.12. The Hall–Kier alpha value is -2.90. The third-order valence-electron chi connectivity index (χ3n) is 4.77. The Kier molecular flexibility index (Phi) is 4.78. The first-order valence-electron chi connectivity index (χ1n) is 8.94. The minimum Gasteiger partial charge on any atom is -0.489 e. The van der Waals surface area contributed by atoms with Gasteiger partial charge in [0.2, 0.25) is 5.78 Å². The number of aryl methyl sites for hydroxylation is 1. The molecule has 8 heteroatoms. The van der Waals surface area contributed by atoms with Crippen molar-refractivity contribution in [3.63, 3.8) is 0 Å². The van der Waals surface area contributed by atoms with E-state index in [2.05, 4.69) is 15.3 Å². The van der Waals surface area contributed by atoms with Crippen LogP contribution in [0.1, 0.15) is 12.1 Å². The van der Waals surface area contributed by atoms with Gasteiger partial charge < -0.3 is 14.5 Å². The van der Waals surface area contributed by atoms with Gasteiger partial charge in [-0.25, -0.2) is 14.8 Å². The molecule has 144 valence electrons. The molecule has 0 radical (unpaired) electrons. The lowest BCUT2D eigenvalue weighted by molar-refractivity contribution is 0.223. The molecule has 1 N–H and O–H groups in total. The Labute approximate surface area is 166 Å². The van der Waals surface area contributed by atoms with Crippen LogP contribution in [-0.4, -0.2) is 33.6 Å². The average molecular weight is 399 g/mol. The molecule has 1 fully saturated rings. The van der Waals surface area contributed by atoms with Crippen LogP contribution < -0.4 is 15.7 Å². The summed E-state index contributed by atoms with van der Waals surface area (Å²) >= 11 is 0. The van der Waals surface area contributed by atoms with E-state index in [0.717, 1.165) is 30.6 Å². The maximum atomic E-state index is 12.5. The van der Waals surface area contributed by atoms with Crippen molar-refractivity contribution in [1.29, 1.82) is 0 Å². The van der Waals surface area contributed by atoms with Crippen molar-refractivity contribution in [3.05, 3.63) is 58.8 Å². The highest BCUT2D eigenvalue weighted by atomic mass is 35.5. The van der Waals surface area contributed by atoms with Crippen LogP contribution >= 0.6 is 12.4 Å². The number of ether oxygens (including phenoxy) is 1. The summed E-state index contributed by atoms with van der Waals surface area (Å²) in [7, 11) is 0. The van der Waals surface area contributed by atoms with Gasteiger partial charge in [0.25, 0.3) is 0 Å². The molecule has 1 aliphatic heterocycles. The zero-order chi connectivity index (χ0) is 18.4. The molecule has 0 saturated carbocycles. The minimum absolute atomic E-state index is 0. The molecule has 0 amide bonds. The number of halogens is 1. The maximum Gasteiger partial charge on any atom is 0.345 e. The summed E-state index contributed by atoms with van der Waals surface area (Å²) in [6, 6.07) is 9.27. The fraction of sp³-hybridized carbons (Fsp3) is 0.250. The van der Waals surface area contributed by atoms with Crippen LogP contribution in [0.5, 0.6) is 5.75 Å². The lowest BCUT2D eigenvalue weighted by atomic mass is 10.1. The number of nitrogens with one attached hydrogen (secondary N) is 1. The Balaban J connectivity index is 0.00000192. The highest BCUT2D eigenvalue weighted by molar-refractivity contribution is 5.85. The summed E-state index contributed by atoms with van der Waals surface area (Å²) < 4.78 is 13.3. The number of nitrogens with zero attached hydrogens (tertiary/aromatic N) is 3. The van der Waals surface area contributed by atoms with Crippen molar-refractivity contribution < 1.29 is 9.15 Å². The van der Waals surface area contributed by atoms with Crippen LogP contribution in [0.4, 0.5) is 0 Å². The van der Waals surface area contributed by atoms with Crippen LogP contribution in [0.2, 0.25) is 0 Å². The van der Waals surface area contributed by atoms with Crippen LogP contribution in [0.3, 0.4) is 0 Å². The summed E-state index contributed by atoms with van der Waals surface area (Å²) in [4.78, 5) is 21.4. The average Bonchev–Trinajstić information content (AvgIpc) is 3.30. The van der Waals surface area contributed by atoms with Gasteiger partial charge in [-0.3, -0.25) is 4.40 Å². The fourth-order valence-corrected chi connectivity index (χ4v) is 3.35. The van der Waals surface area contributed by atoms with E-state index in [9.17, 15) is 4.79 Å². The van der Waals surface area contributed by atoms with Gasteiger partial charge in [0.05, 0.1) is 11.3 Å². The molecule has 0 bridgehead atoms. The number of hydrogen-bond acceptors (Lipinski definition) is 6. The van der Waals surface area contributed by atoms with Gasteiger partial charge in [0, 0.05) is 36.1 Å². The van der Waals surface area contributed by atoms with Gasteiger partial charge in [-0.05, 0) is 44.2 Å². The van der Waals surface area contributed by atoms with Gasteiger partial charge >= 0.3 is 5.63 Å². The fourth-order valence-electron chi connectivity index (χ4n) is 3.35. The van der Waals surface area contributed by atoms with Crippen LogP contribution in [0, 0.1) is 6.92 Å². The van der Waals surface area contributed by atoms with E-state index in [0.29, 0.717) is 28.4 Å². The van der Waals surface area contributed by atoms with Crippen molar-refractivity contribution in [3.8, 4) is 17.0 Å². The molecular formula is C20H19ClN4O3. The van der Waals surface area contributed by atoms with Crippen LogP contribution in [0.15, 0.2) is 51.9 Å². The molecule has 28 heavy (non-hydrogen) atoms. The Morgan fingerprint density at radius 2 is 2.14 bits per heavy atom. The number of fused-ring (bicyclic) bond motifs is 2. The Morgan fingerprint density at radius 3 is 2.96 bits per heavy atom. The summed E-state index contributed by atoms with van der Waals surface area (Å²) in [5.74, 6) is 1.26. The first-order valence-corrected chi connectivity index (χ1v) is 8.94. The highest BCUT2D eigenvalue weighted by Crippen LogP contribution is 2.25. The zero-order valence-corrected chi connectivity index (χ0v) is 16.0. The molecule has 1 aliphatic rings. The number of rotatable bonds is 3. The summed E-state index contributed by atoms with van der Waals surface area (Å²) in [5.41, 5.74) is 1.91. The summed E-state index contributed by atoms with van der Waals surface area (Å²) in [6.07, 6.45) is 4.79. The predicted molar refractivity (Wildman–Crippen MR) is 108 cm³/mol. The highest BCUT2D eigenvalue weighted by Gasteiger charge is 2.17. The van der Waals surface area contributed by atoms with E-state index in [1.807, 2.05) is 31.3 Å². The van der Waals surface area contributed by atoms with Crippen molar-refractivity contribution in [2.45, 2.75) is 19.4 Å². The number of aromatic nitrogens is 3. The standard InChI is InChI=1S/C20H18N4O3.ClH/c1-12-5-7-24-11-17(23-20(24)22-12)16-8-13-2-3-14(9-18(13)27-19(16)25)26-15-4-6-21-10-15;/h2-3,5,7-9,11,15,21H,4,6,10H2,1H3;1H/t15-;/m1./s1. The second-order valence-corrected chi connectivity index (χ2v) is 6.78. The van der Waals surface area contributed by atoms with E-state index >= 15 is 0 Å². The molecule has 3 aromatic heterocycles. The first kappa shape index (κ1) is 18.5. The van der Waals surface area contributed by atoms with Crippen molar-refractivity contribution in [2.75, 3.05) is 13.1 Å². The van der Waals surface area contributed by atoms with E-state index in [4.69, 9.17) is 9.15 Å². The van der Waals surface area contributed by atoms with Crippen molar-refractivity contribution >= 4 is 29.2 Å². The quantitative estimate of drug-likeness (QED) is 0.534. The third-order valence-corrected chi connectivity index (χ3v) is 4.77. The Morgan fingerprint density at radius 1 is 1.25 bits per heavy atom. The van der Waals surface area contributed by atoms with E-state index in [1.165, 1.54) is 0 Å². The minimum atomic E-state index is -0.428. The molecule has 7 nitrogen and oxygen atoms in total. The molecule has 5 rings (SSSR count). The molecule has 4 aromatic rings. The van der Waals surface area contributed by atoms with Crippen molar-refractivity contribution in [1.82, 2.24) is 19.7 Å². The number of imidazole rings is 1. The van der Waals surface area contributed by atoms with E-state index in [1.54, 1.807) is 22.7 Å². The molecule has 0 aliphatic carbocycles. The summed E-state index contributed by atoms with van der Waals surface area (Å²) in [6.45, 7) is 3.70. The van der Waals surface area contributed by atoms with Gasteiger partial charge in [0.1, 0.15) is 17.4 Å². The van der Waals surface area contributed by atoms with Crippen LogP contribution in [0.25, 0.3) is 28.0 Å². The first-order chi connectivity index (χ1) is 13.2. The zero-order valence-electron chi connectivity index (χ0n) is 15.2. The molecule has 4 heterocycles.